The number of carbonyl (C=O) groups is 2. The van der Waals surface area contributed by atoms with Crippen LogP contribution < -0.4 is 4.74 Å². The molecule has 21 heavy (non-hydrogen) atoms. The molecule has 1 aliphatic carbocycles. The van der Waals surface area contributed by atoms with Crippen molar-refractivity contribution in [1.82, 2.24) is 4.90 Å². The first kappa shape index (κ1) is 15.4. The molecular formula is C16H21NO4. The molecule has 0 aliphatic heterocycles. The van der Waals surface area contributed by atoms with Crippen molar-refractivity contribution in [3.63, 3.8) is 0 Å². The molecule has 0 radical (unpaired) electrons. The van der Waals surface area contributed by atoms with Gasteiger partial charge in [0, 0.05) is 6.04 Å². The van der Waals surface area contributed by atoms with E-state index < -0.39 is 5.97 Å². The number of aliphatic carboxylic acids is 1. The lowest BCUT2D eigenvalue weighted by Crippen LogP contribution is -2.38. The lowest BCUT2D eigenvalue weighted by molar-refractivity contribution is -0.145. The third kappa shape index (κ3) is 4.48. The summed E-state index contributed by atoms with van der Waals surface area (Å²) >= 11 is 0. The number of hydrogen-bond donors (Lipinski definition) is 1. The summed E-state index contributed by atoms with van der Waals surface area (Å²) in [5.41, 5.74) is 2.13. The SMILES string of the molecule is Cc1ccc(C)c(OCCC(=O)N(CC(=O)O)C2CC2)c1. The Bertz CT molecular complexity index is 537. The normalized spacial score (nSPS) is 13.8. The van der Waals surface area contributed by atoms with Gasteiger partial charge in [0.05, 0.1) is 13.0 Å². The standard InChI is InChI=1S/C16H21NO4/c1-11-3-4-12(2)14(9-11)21-8-7-15(18)17(10-16(19)20)13-5-6-13/h3-4,9,13H,5-8,10H2,1-2H3,(H,19,20). The molecule has 0 spiro atoms. The van der Waals surface area contributed by atoms with Gasteiger partial charge in [-0.2, -0.15) is 0 Å². The summed E-state index contributed by atoms with van der Waals surface area (Å²) in [5, 5.41) is 8.85. The molecule has 0 saturated heterocycles. The van der Waals surface area contributed by atoms with Crippen LogP contribution in [0, 0.1) is 13.8 Å². The molecule has 1 fully saturated rings. The van der Waals surface area contributed by atoms with E-state index in [2.05, 4.69) is 0 Å². The summed E-state index contributed by atoms with van der Waals surface area (Å²) in [6, 6.07) is 6.03. The van der Waals surface area contributed by atoms with Crippen molar-refractivity contribution in [2.24, 2.45) is 0 Å². The second kappa shape index (κ2) is 6.61. The van der Waals surface area contributed by atoms with Crippen LogP contribution in [-0.2, 0) is 9.59 Å². The van der Waals surface area contributed by atoms with Gasteiger partial charge in [-0.25, -0.2) is 0 Å². The maximum Gasteiger partial charge on any atom is 0.323 e. The average Bonchev–Trinajstić information content (AvgIpc) is 3.24. The second-order valence-electron chi connectivity index (χ2n) is 5.51. The molecule has 1 N–H and O–H groups in total. The van der Waals surface area contributed by atoms with Gasteiger partial charge in [-0.05, 0) is 43.9 Å². The van der Waals surface area contributed by atoms with Crippen LogP contribution >= 0.6 is 0 Å². The van der Waals surface area contributed by atoms with E-state index in [9.17, 15) is 9.59 Å². The highest BCUT2D eigenvalue weighted by molar-refractivity contribution is 5.82. The Morgan fingerprint density at radius 1 is 1.33 bits per heavy atom. The third-order valence-corrected chi connectivity index (χ3v) is 3.53. The third-order valence-electron chi connectivity index (χ3n) is 3.53. The summed E-state index contributed by atoms with van der Waals surface area (Å²) in [4.78, 5) is 24.3. The molecule has 0 bridgehead atoms. The molecule has 5 heteroatoms. The first-order valence-electron chi connectivity index (χ1n) is 7.18. The summed E-state index contributed by atoms with van der Waals surface area (Å²) in [6.07, 6.45) is 2.00. The molecule has 1 aromatic carbocycles. The molecule has 0 unspecified atom stereocenters. The summed E-state index contributed by atoms with van der Waals surface area (Å²) in [5.74, 6) is -0.338. The van der Waals surface area contributed by atoms with Gasteiger partial charge in [0.2, 0.25) is 5.91 Å². The zero-order chi connectivity index (χ0) is 15.4. The molecule has 2 rings (SSSR count). The van der Waals surface area contributed by atoms with E-state index in [1.165, 1.54) is 4.90 Å². The number of hydrogen-bond acceptors (Lipinski definition) is 3. The lowest BCUT2D eigenvalue weighted by Gasteiger charge is -2.20. The molecule has 1 amide bonds. The van der Waals surface area contributed by atoms with Gasteiger partial charge in [-0.1, -0.05) is 12.1 Å². The van der Waals surface area contributed by atoms with Gasteiger partial charge in [0.1, 0.15) is 12.3 Å². The van der Waals surface area contributed by atoms with Crippen LogP contribution in [0.2, 0.25) is 0 Å². The van der Waals surface area contributed by atoms with Crippen molar-refractivity contribution in [2.75, 3.05) is 13.2 Å². The maximum absolute atomic E-state index is 12.1. The minimum absolute atomic E-state index is 0.106. The first-order valence-corrected chi connectivity index (χ1v) is 7.18. The molecule has 5 nitrogen and oxygen atoms in total. The Hall–Kier alpha value is -2.04. The van der Waals surface area contributed by atoms with Crippen molar-refractivity contribution >= 4 is 11.9 Å². The molecule has 1 aliphatic rings. The van der Waals surface area contributed by atoms with E-state index in [-0.39, 0.29) is 31.5 Å². The predicted octanol–water partition coefficient (Wildman–Crippen LogP) is 2.15. The van der Waals surface area contributed by atoms with Crippen LogP contribution in [0.25, 0.3) is 0 Å². The zero-order valence-electron chi connectivity index (χ0n) is 12.5. The fourth-order valence-corrected chi connectivity index (χ4v) is 2.21. The number of nitrogens with zero attached hydrogens (tertiary/aromatic N) is 1. The number of amides is 1. The largest absolute Gasteiger partial charge is 0.493 e. The van der Waals surface area contributed by atoms with E-state index in [4.69, 9.17) is 9.84 Å². The van der Waals surface area contributed by atoms with Crippen molar-refractivity contribution in [3.8, 4) is 5.75 Å². The molecule has 114 valence electrons. The van der Waals surface area contributed by atoms with E-state index in [0.717, 1.165) is 29.7 Å². The van der Waals surface area contributed by atoms with Gasteiger partial charge < -0.3 is 14.7 Å². The molecule has 1 aromatic rings. The number of aryl methyl sites for hydroxylation is 2. The van der Waals surface area contributed by atoms with Crippen LogP contribution in [0.1, 0.15) is 30.4 Å². The lowest BCUT2D eigenvalue weighted by atomic mass is 10.1. The zero-order valence-corrected chi connectivity index (χ0v) is 12.5. The minimum Gasteiger partial charge on any atom is -0.493 e. The van der Waals surface area contributed by atoms with Crippen molar-refractivity contribution in [1.29, 1.82) is 0 Å². The molecular weight excluding hydrogens is 270 g/mol. The number of carboxylic acid groups (broad SMARTS) is 1. The topological polar surface area (TPSA) is 66.8 Å². The average molecular weight is 291 g/mol. The smallest absolute Gasteiger partial charge is 0.323 e. The van der Waals surface area contributed by atoms with Gasteiger partial charge in [-0.3, -0.25) is 9.59 Å². The van der Waals surface area contributed by atoms with Crippen molar-refractivity contribution in [3.05, 3.63) is 29.3 Å². The maximum atomic E-state index is 12.1. The quantitative estimate of drug-likeness (QED) is 0.836. The minimum atomic E-state index is -0.967. The van der Waals surface area contributed by atoms with E-state index >= 15 is 0 Å². The molecule has 0 atom stereocenters. The Labute approximate surface area is 124 Å². The van der Waals surface area contributed by atoms with Crippen LogP contribution in [0.15, 0.2) is 18.2 Å². The van der Waals surface area contributed by atoms with Crippen molar-refractivity contribution in [2.45, 2.75) is 39.2 Å². The van der Waals surface area contributed by atoms with E-state index in [1.54, 1.807) is 0 Å². The highest BCUT2D eigenvalue weighted by Crippen LogP contribution is 2.27. The number of rotatable bonds is 7. The molecule has 0 aromatic heterocycles. The predicted molar refractivity (Wildman–Crippen MR) is 78.4 cm³/mol. The number of carboxylic acids is 1. The van der Waals surface area contributed by atoms with Crippen LogP contribution in [0.3, 0.4) is 0 Å². The van der Waals surface area contributed by atoms with Crippen LogP contribution in [-0.4, -0.2) is 41.1 Å². The fraction of sp³-hybridized carbons (Fsp3) is 0.500. The number of carbonyl (C=O) groups excluding carboxylic acids is 1. The monoisotopic (exact) mass is 291 g/mol. The molecule has 0 heterocycles. The van der Waals surface area contributed by atoms with Crippen LogP contribution in [0.4, 0.5) is 0 Å². The molecule has 1 saturated carbocycles. The number of ether oxygens (including phenoxy) is 1. The fourth-order valence-electron chi connectivity index (χ4n) is 2.21. The summed E-state index contributed by atoms with van der Waals surface area (Å²) in [7, 11) is 0. The Morgan fingerprint density at radius 2 is 2.05 bits per heavy atom. The summed E-state index contributed by atoms with van der Waals surface area (Å²) < 4.78 is 5.65. The first-order chi connectivity index (χ1) is 9.97. The van der Waals surface area contributed by atoms with E-state index in [1.807, 2.05) is 32.0 Å². The van der Waals surface area contributed by atoms with Crippen molar-refractivity contribution < 1.29 is 19.4 Å². The Kier molecular flexibility index (Phi) is 4.83. The highest BCUT2D eigenvalue weighted by Gasteiger charge is 2.33. The van der Waals surface area contributed by atoms with Gasteiger partial charge >= 0.3 is 5.97 Å². The van der Waals surface area contributed by atoms with Gasteiger partial charge in [-0.15, -0.1) is 0 Å². The number of benzene rings is 1. The van der Waals surface area contributed by atoms with Gasteiger partial charge in [0.15, 0.2) is 0 Å². The van der Waals surface area contributed by atoms with E-state index in [0.29, 0.717) is 0 Å². The highest BCUT2D eigenvalue weighted by atomic mass is 16.5. The summed E-state index contributed by atoms with van der Waals surface area (Å²) in [6.45, 7) is 4.00. The second-order valence-corrected chi connectivity index (χ2v) is 5.51. The van der Waals surface area contributed by atoms with Gasteiger partial charge in [0.25, 0.3) is 0 Å². The Balaban J connectivity index is 1.85. The Morgan fingerprint density at radius 3 is 2.67 bits per heavy atom. The van der Waals surface area contributed by atoms with Crippen LogP contribution in [0.5, 0.6) is 5.75 Å².